The third kappa shape index (κ3) is 6.04. The summed E-state index contributed by atoms with van der Waals surface area (Å²) in [5.74, 6) is 2.94. The third-order valence-corrected chi connectivity index (χ3v) is 5.31. The van der Waals surface area contributed by atoms with E-state index in [0.717, 1.165) is 12.0 Å². The van der Waals surface area contributed by atoms with Crippen LogP contribution in [0.25, 0.3) is 0 Å². The van der Waals surface area contributed by atoms with Crippen LogP contribution in [0.5, 0.6) is 5.75 Å². The van der Waals surface area contributed by atoms with Crippen molar-refractivity contribution in [2.75, 3.05) is 13.7 Å². The van der Waals surface area contributed by atoms with Crippen molar-refractivity contribution in [1.29, 1.82) is 0 Å². The number of halogens is 1. The van der Waals surface area contributed by atoms with Gasteiger partial charge >= 0.3 is 0 Å². The van der Waals surface area contributed by atoms with Gasteiger partial charge in [0.1, 0.15) is 12.4 Å². The molecule has 0 radical (unpaired) electrons. The highest BCUT2D eigenvalue weighted by Gasteiger charge is 2.19. The molecule has 1 atom stereocenters. The number of terminal acetylenes is 1. The zero-order valence-corrected chi connectivity index (χ0v) is 17.4. The predicted molar refractivity (Wildman–Crippen MR) is 116 cm³/mol. The number of rotatable bonds is 6. The van der Waals surface area contributed by atoms with E-state index < -0.39 is 0 Å². The first-order valence-electron chi connectivity index (χ1n) is 9.72. The van der Waals surface area contributed by atoms with Crippen LogP contribution in [-0.4, -0.2) is 19.6 Å². The van der Waals surface area contributed by atoms with Crippen molar-refractivity contribution in [2.45, 2.75) is 39.0 Å². The number of hydrogen-bond donors (Lipinski definition) is 1. The van der Waals surface area contributed by atoms with Crippen LogP contribution in [0.1, 0.15) is 36.5 Å². The van der Waals surface area contributed by atoms with Crippen LogP contribution in [-0.2, 0) is 24.1 Å². The molecule has 2 aromatic rings. The van der Waals surface area contributed by atoms with Gasteiger partial charge in [-0.2, -0.15) is 0 Å². The largest absolute Gasteiger partial charge is 0.481 e. The van der Waals surface area contributed by atoms with E-state index in [1.807, 2.05) is 13.0 Å². The summed E-state index contributed by atoms with van der Waals surface area (Å²) < 4.78 is 5.47. The second kappa shape index (κ2) is 11.4. The SMILES string of the molecule is C#CCOc1cccc(Cl)c1CC(CC)C(=O)NC.c1ccc2c(c1)CCC2. The van der Waals surface area contributed by atoms with Gasteiger partial charge in [0, 0.05) is 23.6 Å². The Labute approximate surface area is 173 Å². The number of benzene rings is 2. The Hall–Kier alpha value is -2.44. The van der Waals surface area contributed by atoms with Crippen LogP contribution in [0.4, 0.5) is 0 Å². The van der Waals surface area contributed by atoms with Gasteiger partial charge in [-0.1, -0.05) is 54.8 Å². The predicted octanol–water partition coefficient (Wildman–Crippen LogP) is 4.84. The fourth-order valence-electron chi connectivity index (χ4n) is 3.38. The van der Waals surface area contributed by atoms with Crippen LogP contribution in [0.15, 0.2) is 42.5 Å². The van der Waals surface area contributed by atoms with E-state index in [-0.39, 0.29) is 18.4 Å². The molecule has 0 spiro atoms. The number of carbonyl (C=O) groups excluding carboxylic acids is 1. The fourth-order valence-corrected chi connectivity index (χ4v) is 3.62. The number of nitrogens with one attached hydrogen (secondary N) is 1. The summed E-state index contributed by atoms with van der Waals surface area (Å²) in [7, 11) is 1.63. The maximum atomic E-state index is 11.8. The van der Waals surface area contributed by atoms with Gasteiger partial charge in [0.25, 0.3) is 0 Å². The molecule has 0 saturated heterocycles. The zero-order valence-electron chi connectivity index (χ0n) is 16.6. The molecule has 3 rings (SSSR count). The van der Waals surface area contributed by atoms with Gasteiger partial charge in [-0.05, 0) is 55.4 Å². The number of aryl methyl sites for hydroxylation is 2. The van der Waals surface area contributed by atoms with Crippen LogP contribution in [0.3, 0.4) is 0 Å². The second-order valence-corrected chi connectivity index (χ2v) is 7.16. The lowest BCUT2D eigenvalue weighted by molar-refractivity contribution is -0.124. The van der Waals surface area contributed by atoms with E-state index in [2.05, 4.69) is 35.5 Å². The van der Waals surface area contributed by atoms with E-state index in [9.17, 15) is 4.79 Å². The molecule has 0 bridgehead atoms. The second-order valence-electron chi connectivity index (χ2n) is 6.76. The number of ether oxygens (including phenoxy) is 1. The average Bonchev–Trinajstić information content (AvgIpc) is 3.20. The summed E-state index contributed by atoms with van der Waals surface area (Å²) in [6.07, 6.45) is 10.4. The Kier molecular flexibility index (Phi) is 8.91. The van der Waals surface area contributed by atoms with Gasteiger partial charge in [0.2, 0.25) is 5.91 Å². The number of hydrogen-bond acceptors (Lipinski definition) is 2. The Morgan fingerprint density at radius 2 is 1.89 bits per heavy atom. The molecular formula is C24H28ClNO2. The van der Waals surface area contributed by atoms with Crippen molar-refractivity contribution >= 4 is 17.5 Å². The summed E-state index contributed by atoms with van der Waals surface area (Å²) in [6.45, 7) is 2.16. The minimum atomic E-state index is -0.127. The van der Waals surface area contributed by atoms with Crippen LogP contribution >= 0.6 is 11.6 Å². The van der Waals surface area contributed by atoms with Crippen molar-refractivity contribution in [3.8, 4) is 18.1 Å². The van der Waals surface area contributed by atoms with Gasteiger partial charge < -0.3 is 10.1 Å². The van der Waals surface area contributed by atoms with Crippen molar-refractivity contribution in [3.05, 3.63) is 64.2 Å². The van der Waals surface area contributed by atoms with E-state index in [1.54, 1.807) is 30.3 Å². The maximum Gasteiger partial charge on any atom is 0.223 e. The first kappa shape index (κ1) is 21.9. The Bertz CT molecular complexity index is 803. The molecule has 0 saturated carbocycles. The molecule has 0 aromatic heterocycles. The van der Waals surface area contributed by atoms with E-state index in [4.69, 9.17) is 22.8 Å². The lowest BCUT2D eigenvalue weighted by Crippen LogP contribution is -2.28. The summed E-state index contributed by atoms with van der Waals surface area (Å²) in [6, 6.07) is 14.1. The number of amides is 1. The standard InChI is InChI=1S/C15H18ClNO2.C9H10/c1-4-9-19-14-8-6-7-13(16)12(14)10-11(5-2)15(18)17-3;1-2-5-9-7-3-6-8(9)4-1/h1,6-8,11H,5,9-10H2,2-3H3,(H,17,18);1-2,4-5H,3,6-7H2. The zero-order chi connectivity index (χ0) is 20.4. The average molecular weight is 398 g/mol. The highest BCUT2D eigenvalue weighted by atomic mass is 35.5. The third-order valence-electron chi connectivity index (χ3n) is 4.96. The fraction of sp³-hybridized carbons (Fsp3) is 0.375. The highest BCUT2D eigenvalue weighted by Crippen LogP contribution is 2.30. The van der Waals surface area contributed by atoms with Gasteiger partial charge in [-0.15, -0.1) is 6.42 Å². The lowest BCUT2D eigenvalue weighted by atomic mass is 9.95. The van der Waals surface area contributed by atoms with E-state index in [1.165, 1.54) is 19.3 Å². The molecule has 1 unspecified atom stereocenters. The summed E-state index contributed by atoms with van der Waals surface area (Å²) in [4.78, 5) is 11.8. The minimum Gasteiger partial charge on any atom is -0.481 e. The number of fused-ring (bicyclic) bond motifs is 1. The normalized spacial score (nSPS) is 12.8. The smallest absolute Gasteiger partial charge is 0.223 e. The van der Waals surface area contributed by atoms with E-state index in [0.29, 0.717) is 17.2 Å². The van der Waals surface area contributed by atoms with Crippen LogP contribution < -0.4 is 10.1 Å². The lowest BCUT2D eigenvalue weighted by Gasteiger charge is -2.17. The van der Waals surface area contributed by atoms with Gasteiger partial charge in [0.15, 0.2) is 0 Å². The topological polar surface area (TPSA) is 38.3 Å². The molecule has 1 aliphatic rings. The highest BCUT2D eigenvalue weighted by molar-refractivity contribution is 6.31. The summed E-state index contributed by atoms with van der Waals surface area (Å²) in [5.41, 5.74) is 3.96. The Morgan fingerprint density at radius 1 is 1.21 bits per heavy atom. The molecule has 2 aromatic carbocycles. The molecule has 1 aliphatic carbocycles. The van der Waals surface area contributed by atoms with Gasteiger partial charge in [0.05, 0.1) is 0 Å². The molecule has 1 amide bonds. The van der Waals surface area contributed by atoms with Crippen molar-refractivity contribution < 1.29 is 9.53 Å². The first-order chi connectivity index (χ1) is 13.6. The molecular weight excluding hydrogens is 370 g/mol. The summed E-state index contributed by atoms with van der Waals surface area (Å²) in [5, 5.41) is 3.26. The molecule has 0 aliphatic heterocycles. The monoisotopic (exact) mass is 397 g/mol. The van der Waals surface area contributed by atoms with Crippen molar-refractivity contribution in [3.63, 3.8) is 0 Å². The maximum absolute atomic E-state index is 11.8. The van der Waals surface area contributed by atoms with E-state index >= 15 is 0 Å². The van der Waals surface area contributed by atoms with Gasteiger partial charge in [-0.25, -0.2) is 0 Å². The van der Waals surface area contributed by atoms with Gasteiger partial charge in [-0.3, -0.25) is 4.79 Å². The molecule has 0 heterocycles. The first-order valence-corrected chi connectivity index (χ1v) is 10.1. The molecule has 0 fully saturated rings. The van der Waals surface area contributed by atoms with Crippen LogP contribution in [0.2, 0.25) is 5.02 Å². The number of carbonyl (C=O) groups is 1. The van der Waals surface area contributed by atoms with Crippen molar-refractivity contribution in [2.24, 2.45) is 5.92 Å². The molecule has 28 heavy (non-hydrogen) atoms. The van der Waals surface area contributed by atoms with Crippen LogP contribution in [0, 0.1) is 18.3 Å². The molecule has 1 N–H and O–H groups in total. The van der Waals surface area contributed by atoms with Crippen molar-refractivity contribution in [1.82, 2.24) is 5.32 Å². The minimum absolute atomic E-state index is 0.00493. The molecule has 4 heteroatoms. The Balaban J connectivity index is 0.000000255. The molecule has 148 valence electrons. The summed E-state index contributed by atoms with van der Waals surface area (Å²) >= 11 is 6.19. The quantitative estimate of drug-likeness (QED) is 0.708. The Morgan fingerprint density at radius 3 is 2.46 bits per heavy atom. The molecule has 3 nitrogen and oxygen atoms in total.